The molecular weight excluding hydrogens is 380 g/mol. The Morgan fingerprint density at radius 2 is 1.48 bits per heavy atom. The highest BCUT2D eigenvalue weighted by atomic mass is 16.5. The molecule has 9 nitrogen and oxygen atoms in total. The van der Waals surface area contributed by atoms with Gasteiger partial charge in [-0.25, -0.2) is 4.79 Å². The summed E-state index contributed by atoms with van der Waals surface area (Å²) in [5.74, 6) is -0.588. The number of ether oxygens (including phenoxy) is 3. The quantitative estimate of drug-likeness (QED) is 0.498. The van der Waals surface area contributed by atoms with Crippen molar-refractivity contribution < 1.29 is 28.2 Å². The number of benzene rings is 2. The second-order valence-corrected chi connectivity index (χ2v) is 5.81. The maximum Gasteiger partial charge on any atom is 0.349 e. The zero-order chi connectivity index (χ0) is 21.0. The normalized spacial score (nSPS) is 10.3. The number of amides is 2. The summed E-state index contributed by atoms with van der Waals surface area (Å²) in [6.45, 7) is 0. The Labute approximate surface area is 165 Å². The molecule has 0 saturated heterocycles. The number of carbonyl (C=O) groups excluding carboxylic acids is 2. The van der Waals surface area contributed by atoms with Gasteiger partial charge in [-0.1, -0.05) is 18.2 Å². The molecule has 0 aliphatic heterocycles. The smallest absolute Gasteiger partial charge is 0.349 e. The van der Waals surface area contributed by atoms with Gasteiger partial charge in [0, 0.05) is 10.9 Å². The van der Waals surface area contributed by atoms with Gasteiger partial charge in [0.2, 0.25) is 5.75 Å². The fourth-order valence-corrected chi connectivity index (χ4v) is 2.69. The molecule has 0 fully saturated rings. The lowest BCUT2D eigenvalue weighted by atomic mass is 10.1. The summed E-state index contributed by atoms with van der Waals surface area (Å²) in [4.78, 5) is 36.8. The molecule has 2 amide bonds. The molecular formula is C20H18N2O7. The molecule has 0 aliphatic carbocycles. The molecule has 0 spiro atoms. The Morgan fingerprint density at radius 3 is 2.10 bits per heavy atom. The van der Waals surface area contributed by atoms with Gasteiger partial charge >= 0.3 is 5.63 Å². The van der Waals surface area contributed by atoms with E-state index < -0.39 is 17.4 Å². The van der Waals surface area contributed by atoms with Crippen molar-refractivity contribution in [3.63, 3.8) is 0 Å². The molecule has 9 heteroatoms. The van der Waals surface area contributed by atoms with Gasteiger partial charge in [-0.3, -0.25) is 20.4 Å². The molecule has 29 heavy (non-hydrogen) atoms. The van der Waals surface area contributed by atoms with Crippen LogP contribution in [0.4, 0.5) is 0 Å². The Kier molecular flexibility index (Phi) is 5.68. The highest BCUT2D eigenvalue weighted by Gasteiger charge is 2.19. The van der Waals surface area contributed by atoms with Crippen LogP contribution in [0.5, 0.6) is 17.2 Å². The molecule has 0 saturated carbocycles. The van der Waals surface area contributed by atoms with Gasteiger partial charge in [-0.2, -0.15) is 0 Å². The van der Waals surface area contributed by atoms with Crippen LogP contribution in [0.3, 0.4) is 0 Å². The standard InChI is InChI=1S/C20H18N2O7/c1-26-15-9-12(10-16(27-2)17(15)28-3)18(23)21-22-19(24)13-8-11-6-4-5-7-14(11)29-20(13)25/h4-10H,1-3H3,(H,21,23)(H,22,24). The summed E-state index contributed by atoms with van der Waals surface area (Å²) in [6, 6.07) is 11.0. The summed E-state index contributed by atoms with van der Waals surface area (Å²) in [7, 11) is 4.27. The van der Waals surface area contributed by atoms with Gasteiger partial charge in [-0.05, 0) is 24.3 Å². The topological polar surface area (TPSA) is 116 Å². The monoisotopic (exact) mass is 398 g/mol. The molecule has 1 aromatic heterocycles. The summed E-state index contributed by atoms with van der Waals surface area (Å²) in [6.07, 6.45) is 0. The van der Waals surface area contributed by atoms with Crippen LogP contribution in [0.15, 0.2) is 51.7 Å². The van der Waals surface area contributed by atoms with E-state index in [1.165, 1.54) is 39.5 Å². The number of methoxy groups -OCH3 is 3. The van der Waals surface area contributed by atoms with Gasteiger partial charge in [0.05, 0.1) is 21.3 Å². The highest BCUT2D eigenvalue weighted by molar-refractivity contribution is 6.00. The van der Waals surface area contributed by atoms with E-state index in [1.54, 1.807) is 24.3 Å². The van der Waals surface area contributed by atoms with E-state index in [1.807, 2.05) is 0 Å². The molecule has 0 aliphatic rings. The largest absolute Gasteiger partial charge is 0.493 e. The molecule has 1 heterocycles. The third-order valence-electron chi connectivity index (χ3n) is 4.10. The zero-order valence-electron chi connectivity index (χ0n) is 15.9. The predicted octanol–water partition coefficient (Wildman–Crippen LogP) is 1.89. The van der Waals surface area contributed by atoms with Gasteiger partial charge in [0.1, 0.15) is 11.1 Å². The van der Waals surface area contributed by atoms with Crippen LogP contribution in [0, 0.1) is 0 Å². The lowest BCUT2D eigenvalue weighted by Crippen LogP contribution is -2.43. The number of hydrogen-bond acceptors (Lipinski definition) is 7. The average Bonchev–Trinajstić information content (AvgIpc) is 2.75. The minimum absolute atomic E-state index is 0.144. The third-order valence-corrected chi connectivity index (χ3v) is 4.10. The minimum atomic E-state index is -0.816. The summed E-state index contributed by atoms with van der Waals surface area (Å²) >= 11 is 0. The van der Waals surface area contributed by atoms with Crippen LogP contribution >= 0.6 is 0 Å². The third kappa shape index (κ3) is 3.98. The van der Waals surface area contributed by atoms with Crippen LogP contribution in [0.25, 0.3) is 11.0 Å². The summed E-state index contributed by atoms with van der Waals surface area (Å²) < 4.78 is 20.7. The van der Waals surface area contributed by atoms with E-state index in [2.05, 4.69) is 10.9 Å². The van der Waals surface area contributed by atoms with Crippen molar-refractivity contribution in [2.45, 2.75) is 0 Å². The van der Waals surface area contributed by atoms with Gasteiger partial charge < -0.3 is 18.6 Å². The maximum absolute atomic E-state index is 12.4. The van der Waals surface area contributed by atoms with Gasteiger partial charge in [-0.15, -0.1) is 0 Å². The second-order valence-electron chi connectivity index (χ2n) is 5.81. The van der Waals surface area contributed by atoms with E-state index in [9.17, 15) is 14.4 Å². The lowest BCUT2D eigenvalue weighted by Gasteiger charge is -2.14. The Hall–Kier alpha value is -4.01. The van der Waals surface area contributed by atoms with Crippen molar-refractivity contribution in [3.05, 3.63) is 64.0 Å². The molecule has 0 atom stereocenters. The first-order chi connectivity index (χ1) is 14.0. The Balaban J connectivity index is 1.79. The van der Waals surface area contributed by atoms with Crippen molar-refractivity contribution in [2.24, 2.45) is 0 Å². The zero-order valence-corrected chi connectivity index (χ0v) is 15.9. The molecule has 0 radical (unpaired) electrons. The van der Waals surface area contributed by atoms with Crippen molar-refractivity contribution in [2.75, 3.05) is 21.3 Å². The second kappa shape index (κ2) is 8.34. The number of hydrogen-bond donors (Lipinski definition) is 2. The maximum atomic E-state index is 12.4. The Bertz CT molecular complexity index is 1110. The minimum Gasteiger partial charge on any atom is -0.493 e. The SMILES string of the molecule is COc1cc(C(=O)NNC(=O)c2cc3ccccc3oc2=O)cc(OC)c1OC. The van der Waals surface area contributed by atoms with Crippen molar-refractivity contribution in [1.29, 1.82) is 0 Å². The predicted molar refractivity (Wildman–Crippen MR) is 104 cm³/mol. The van der Waals surface area contributed by atoms with Gasteiger partial charge in [0.25, 0.3) is 11.8 Å². The van der Waals surface area contributed by atoms with Crippen molar-refractivity contribution in [3.8, 4) is 17.2 Å². The van der Waals surface area contributed by atoms with Crippen LogP contribution in [-0.4, -0.2) is 33.1 Å². The fourth-order valence-electron chi connectivity index (χ4n) is 2.69. The number of carbonyl (C=O) groups is 2. The van der Waals surface area contributed by atoms with Crippen molar-refractivity contribution in [1.82, 2.24) is 10.9 Å². The summed E-state index contributed by atoms with van der Waals surface area (Å²) in [5, 5.41) is 0.577. The van der Waals surface area contributed by atoms with Crippen LogP contribution < -0.4 is 30.7 Å². The van der Waals surface area contributed by atoms with E-state index >= 15 is 0 Å². The summed E-state index contributed by atoms with van der Waals surface area (Å²) in [5.41, 5.74) is 3.88. The number of hydrazine groups is 1. The number of para-hydroxylation sites is 1. The molecule has 2 aromatic carbocycles. The van der Waals surface area contributed by atoms with E-state index in [4.69, 9.17) is 18.6 Å². The van der Waals surface area contributed by atoms with Crippen LogP contribution in [0.1, 0.15) is 20.7 Å². The number of fused-ring (bicyclic) bond motifs is 1. The highest BCUT2D eigenvalue weighted by Crippen LogP contribution is 2.38. The van der Waals surface area contributed by atoms with Crippen molar-refractivity contribution >= 4 is 22.8 Å². The first kappa shape index (κ1) is 19.7. The van der Waals surface area contributed by atoms with Gasteiger partial charge in [0.15, 0.2) is 11.5 Å². The first-order valence-corrected chi connectivity index (χ1v) is 8.42. The van der Waals surface area contributed by atoms with Crippen LogP contribution in [-0.2, 0) is 0 Å². The molecule has 2 N–H and O–H groups in total. The lowest BCUT2D eigenvalue weighted by molar-refractivity contribution is 0.0844. The van der Waals surface area contributed by atoms with E-state index in [0.29, 0.717) is 16.7 Å². The first-order valence-electron chi connectivity index (χ1n) is 8.42. The Morgan fingerprint density at radius 1 is 0.862 bits per heavy atom. The average molecular weight is 398 g/mol. The van der Waals surface area contributed by atoms with Crippen LogP contribution in [0.2, 0.25) is 0 Å². The number of rotatable bonds is 5. The fraction of sp³-hybridized carbons (Fsp3) is 0.150. The van der Waals surface area contributed by atoms with E-state index in [0.717, 1.165) is 0 Å². The molecule has 0 bridgehead atoms. The molecule has 3 rings (SSSR count). The molecule has 3 aromatic rings. The molecule has 150 valence electrons. The number of nitrogens with one attached hydrogen (secondary N) is 2. The van der Waals surface area contributed by atoms with E-state index in [-0.39, 0.29) is 22.6 Å². The molecule has 0 unspecified atom stereocenters.